The van der Waals surface area contributed by atoms with Gasteiger partial charge in [0.1, 0.15) is 12.4 Å². The van der Waals surface area contributed by atoms with Crippen LogP contribution in [0.2, 0.25) is 5.02 Å². The van der Waals surface area contributed by atoms with Gasteiger partial charge in [0, 0.05) is 21.7 Å². The molecule has 4 rings (SSSR count). The molecule has 0 N–H and O–H groups in total. The number of ether oxygens (including phenoxy) is 5. The summed E-state index contributed by atoms with van der Waals surface area (Å²) in [6.07, 6.45) is 0. The molecule has 152 valence electrons. The molecule has 2 aliphatic heterocycles. The summed E-state index contributed by atoms with van der Waals surface area (Å²) in [6, 6.07) is 8.89. The van der Waals surface area contributed by atoms with Crippen molar-refractivity contribution in [3.05, 3.63) is 52.0 Å². The number of benzene rings is 2. The molecule has 0 amide bonds. The van der Waals surface area contributed by atoms with E-state index in [0.29, 0.717) is 40.2 Å². The third kappa shape index (κ3) is 4.55. The summed E-state index contributed by atoms with van der Waals surface area (Å²) in [4.78, 5) is 17.1. The average molecular weight is 420 g/mol. The van der Waals surface area contributed by atoms with Gasteiger partial charge in [0.05, 0.1) is 12.3 Å². The van der Waals surface area contributed by atoms with Gasteiger partial charge in [-0.05, 0) is 37.3 Å². The quantitative estimate of drug-likeness (QED) is 0.403. The summed E-state index contributed by atoms with van der Waals surface area (Å²) in [7, 11) is 0. The summed E-state index contributed by atoms with van der Waals surface area (Å²) in [5.41, 5.74) is 2.88. The molecular formula is C20H18ClNO7. The Balaban J connectivity index is 1.30. The summed E-state index contributed by atoms with van der Waals surface area (Å²) in [5.74, 6) is 1.40. The highest BCUT2D eigenvalue weighted by Gasteiger charge is 2.18. The van der Waals surface area contributed by atoms with Crippen molar-refractivity contribution in [1.29, 1.82) is 0 Å². The molecule has 0 saturated heterocycles. The van der Waals surface area contributed by atoms with Crippen LogP contribution in [0.4, 0.5) is 0 Å². The van der Waals surface area contributed by atoms with Gasteiger partial charge in [0.2, 0.25) is 13.4 Å². The lowest BCUT2D eigenvalue weighted by Crippen LogP contribution is -2.15. The van der Waals surface area contributed by atoms with E-state index in [1.165, 1.54) is 0 Å². The van der Waals surface area contributed by atoms with Crippen LogP contribution in [-0.2, 0) is 32.3 Å². The molecule has 0 unspecified atom stereocenters. The molecular weight excluding hydrogens is 402 g/mol. The van der Waals surface area contributed by atoms with Crippen molar-refractivity contribution in [2.45, 2.75) is 20.1 Å². The number of hydrogen-bond acceptors (Lipinski definition) is 8. The maximum atomic E-state index is 12.0. The highest BCUT2D eigenvalue weighted by molar-refractivity contribution is 6.30. The van der Waals surface area contributed by atoms with Gasteiger partial charge in [0.15, 0.2) is 18.3 Å². The van der Waals surface area contributed by atoms with Gasteiger partial charge in [-0.25, -0.2) is 4.79 Å². The van der Waals surface area contributed by atoms with Crippen molar-refractivity contribution in [2.24, 2.45) is 5.16 Å². The zero-order valence-electron chi connectivity index (χ0n) is 15.6. The summed E-state index contributed by atoms with van der Waals surface area (Å²) in [5, 5.41) is 4.47. The van der Waals surface area contributed by atoms with E-state index < -0.39 is 5.97 Å². The van der Waals surface area contributed by atoms with Gasteiger partial charge in [-0.1, -0.05) is 16.8 Å². The Morgan fingerprint density at radius 2 is 2.00 bits per heavy atom. The zero-order chi connectivity index (χ0) is 20.2. The fraction of sp³-hybridized carbons (Fsp3) is 0.300. The van der Waals surface area contributed by atoms with Gasteiger partial charge in [-0.2, -0.15) is 0 Å². The number of oxime groups is 1. The lowest BCUT2D eigenvalue weighted by atomic mass is 10.1. The van der Waals surface area contributed by atoms with E-state index in [1.807, 2.05) is 6.07 Å². The van der Waals surface area contributed by atoms with Crippen LogP contribution in [0.3, 0.4) is 0 Å². The van der Waals surface area contributed by atoms with Crippen molar-refractivity contribution in [3.8, 4) is 17.2 Å². The van der Waals surface area contributed by atoms with Crippen LogP contribution >= 0.6 is 11.6 Å². The number of halogens is 1. The maximum absolute atomic E-state index is 12.0. The van der Waals surface area contributed by atoms with Gasteiger partial charge in [0.25, 0.3) is 0 Å². The van der Waals surface area contributed by atoms with Crippen LogP contribution in [0.15, 0.2) is 35.5 Å². The van der Waals surface area contributed by atoms with Crippen LogP contribution in [0.1, 0.15) is 23.6 Å². The molecule has 8 nitrogen and oxygen atoms in total. The van der Waals surface area contributed by atoms with Gasteiger partial charge in [-0.3, -0.25) is 0 Å². The van der Waals surface area contributed by atoms with E-state index in [0.717, 1.165) is 11.1 Å². The Kier molecular flexibility index (Phi) is 5.73. The number of carbonyl (C=O) groups excluding carboxylic acids is 1. The van der Waals surface area contributed by atoms with E-state index in [-0.39, 0.29) is 26.8 Å². The van der Waals surface area contributed by atoms with Crippen molar-refractivity contribution in [1.82, 2.24) is 0 Å². The Bertz CT molecular complexity index is 960. The Morgan fingerprint density at radius 3 is 2.90 bits per heavy atom. The minimum Gasteiger partial charge on any atom is -0.467 e. The first-order valence-electron chi connectivity index (χ1n) is 8.84. The number of esters is 1. The van der Waals surface area contributed by atoms with Crippen LogP contribution < -0.4 is 14.2 Å². The molecule has 29 heavy (non-hydrogen) atoms. The molecule has 0 spiro atoms. The lowest BCUT2D eigenvalue weighted by molar-refractivity contribution is -0.150. The topological polar surface area (TPSA) is 84.8 Å². The van der Waals surface area contributed by atoms with Crippen LogP contribution in [0.25, 0.3) is 0 Å². The van der Waals surface area contributed by atoms with Crippen molar-refractivity contribution >= 4 is 23.3 Å². The Morgan fingerprint density at radius 1 is 1.14 bits per heavy atom. The lowest BCUT2D eigenvalue weighted by Gasteiger charge is -2.21. The van der Waals surface area contributed by atoms with Crippen molar-refractivity contribution in [3.63, 3.8) is 0 Å². The summed E-state index contributed by atoms with van der Waals surface area (Å²) in [6.45, 7) is 2.19. The first-order valence-corrected chi connectivity index (χ1v) is 9.22. The number of nitrogens with zero attached hydrogens (tertiary/aromatic N) is 1. The average Bonchev–Trinajstić information content (AvgIpc) is 3.19. The monoisotopic (exact) mass is 419 g/mol. The van der Waals surface area contributed by atoms with Crippen LogP contribution in [-0.4, -0.2) is 31.9 Å². The minimum atomic E-state index is -0.562. The maximum Gasteiger partial charge on any atom is 0.347 e. The first kappa shape index (κ1) is 19.4. The summed E-state index contributed by atoms with van der Waals surface area (Å²) < 4.78 is 26.6. The third-order valence-electron chi connectivity index (χ3n) is 4.31. The standard InChI is InChI=1S/C20H18ClNO7/c1-12(13-2-3-17-18(6-13)27-11-26-17)22-29-9-19(23)25-8-15-5-16(21)4-14-7-24-10-28-20(14)15/h2-6H,7-11H2,1H3. The second-order valence-corrected chi connectivity index (χ2v) is 6.78. The number of hydrogen-bond donors (Lipinski definition) is 0. The van der Waals surface area contributed by atoms with Gasteiger partial charge < -0.3 is 28.5 Å². The van der Waals surface area contributed by atoms with Gasteiger partial charge >= 0.3 is 5.97 Å². The SMILES string of the molecule is CC(=NOCC(=O)OCc1cc(Cl)cc2c1OCOC2)c1ccc2c(c1)OCO2. The molecule has 0 aromatic heterocycles. The molecule has 0 bridgehead atoms. The Hall–Kier alpha value is -2.97. The predicted molar refractivity (Wildman–Crippen MR) is 102 cm³/mol. The van der Waals surface area contributed by atoms with E-state index in [2.05, 4.69) is 5.16 Å². The van der Waals surface area contributed by atoms with E-state index in [1.54, 1.807) is 31.2 Å². The zero-order valence-corrected chi connectivity index (χ0v) is 16.4. The second-order valence-electron chi connectivity index (χ2n) is 6.34. The molecule has 0 saturated carbocycles. The second kappa shape index (κ2) is 8.59. The van der Waals surface area contributed by atoms with Crippen molar-refractivity contribution in [2.75, 3.05) is 20.2 Å². The largest absolute Gasteiger partial charge is 0.467 e. The third-order valence-corrected chi connectivity index (χ3v) is 4.53. The molecule has 0 aliphatic carbocycles. The number of fused-ring (bicyclic) bond motifs is 2. The Labute approximate surface area is 171 Å². The van der Waals surface area contributed by atoms with Crippen molar-refractivity contribution < 1.29 is 33.3 Å². The molecule has 2 aromatic carbocycles. The fourth-order valence-corrected chi connectivity index (χ4v) is 3.18. The van der Waals surface area contributed by atoms with E-state index in [9.17, 15) is 4.79 Å². The van der Waals surface area contributed by atoms with Gasteiger partial charge in [-0.15, -0.1) is 0 Å². The molecule has 9 heteroatoms. The highest BCUT2D eigenvalue weighted by Crippen LogP contribution is 2.33. The highest BCUT2D eigenvalue weighted by atomic mass is 35.5. The van der Waals surface area contributed by atoms with Crippen LogP contribution in [0, 0.1) is 0 Å². The molecule has 2 aromatic rings. The summed E-state index contributed by atoms with van der Waals surface area (Å²) >= 11 is 6.10. The fourth-order valence-electron chi connectivity index (χ4n) is 2.92. The normalized spacial score (nSPS) is 14.8. The first-order chi connectivity index (χ1) is 14.1. The molecule has 2 heterocycles. The predicted octanol–water partition coefficient (Wildman–Crippen LogP) is 3.42. The minimum absolute atomic E-state index is 0.00987. The molecule has 0 radical (unpaired) electrons. The van der Waals surface area contributed by atoms with E-state index in [4.69, 9.17) is 40.1 Å². The molecule has 0 fully saturated rings. The number of carbonyl (C=O) groups is 1. The molecule has 0 atom stereocenters. The molecule has 2 aliphatic rings. The van der Waals surface area contributed by atoms with Crippen LogP contribution in [0.5, 0.6) is 17.2 Å². The smallest absolute Gasteiger partial charge is 0.347 e. The van der Waals surface area contributed by atoms with E-state index >= 15 is 0 Å². The number of rotatable bonds is 6.